The quantitative estimate of drug-likeness (QED) is 0.285. The predicted molar refractivity (Wildman–Crippen MR) is 141 cm³/mol. The van der Waals surface area contributed by atoms with E-state index in [0.717, 1.165) is 6.08 Å². The molecular formula is C26H25ClN2O7S. The molecule has 0 spiro atoms. The maximum Gasteiger partial charge on any atom is 0.331 e. The summed E-state index contributed by atoms with van der Waals surface area (Å²) in [5, 5.41) is 12.2. The van der Waals surface area contributed by atoms with Crippen LogP contribution < -0.4 is 14.4 Å². The molecule has 3 rings (SSSR count). The van der Waals surface area contributed by atoms with E-state index in [9.17, 15) is 23.1 Å². The Labute approximate surface area is 219 Å². The minimum atomic E-state index is -3.94. The lowest BCUT2D eigenvalue weighted by molar-refractivity contribution is -0.142. The SMILES string of the molecule is CCN(c1ccccc1)S(=O)(=O)c1ccc(Cl)c(NC(=O)COC(=O)/C=C/c2ccc(O)c(OC)c2)c1. The van der Waals surface area contributed by atoms with Gasteiger partial charge in [0.25, 0.3) is 15.9 Å². The van der Waals surface area contributed by atoms with Gasteiger partial charge in [0.15, 0.2) is 18.1 Å². The largest absolute Gasteiger partial charge is 0.504 e. The van der Waals surface area contributed by atoms with E-state index in [1.165, 1.54) is 47.8 Å². The smallest absolute Gasteiger partial charge is 0.331 e. The second-order valence-electron chi connectivity index (χ2n) is 7.57. The zero-order valence-electron chi connectivity index (χ0n) is 20.0. The van der Waals surface area contributed by atoms with Gasteiger partial charge in [-0.2, -0.15) is 0 Å². The number of nitrogens with one attached hydrogen (secondary N) is 1. The fourth-order valence-corrected chi connectivity index (χ4v) is 4.97. The van der Waals surface area contributed by atoms with Crippen LogP contribution in [0.4, 0.5) is 11.4 Å². The van der Waals surface area contributed by atoms with Crippen LogP contribution in [-0.2, 0) is 24.3 Å². The fourth-order valence-electron chi connectivity index (χ4n) is 3.31. The average molecular weight is 545 g/mol. The molecule has 0 aliphatic rings. The molecule has 0 unspecified atom stereocenters. The summed E-state index contributed by atoms with van der Waals surface area (Å²) >= 11 is 6.17. The van der Waals surface area contributed by atoms with Crippen LogP contribution in [0.1, 0.15) is 12.5 Å². The molecule has 3 aromatic rings. The van der Waals surface area contributed by atoms with Crippen LogP contribution in [0.15, 0.2) is 77.7 Å². The Morgan fingerprint density at radius 3 is 2.49 bits per heavy atom. The van der Waals surface area contributed by atoms with Gasteiger partial charge in [-0.05, 0) is 61.0 Å². The average Bonchev–Trinajstić information content (AvgIpc) is 2.89. The number of carbonyl (C=O) groups is 2. The molecule has 0 aromatic heterocycles. The van der Waals surface area contributed by atoms with E-state index >= 15 is 0 Å². The number of ether oxygens (including phenoxy) is 2. The first-order chi connectivity index (χ1) is 17.6. The van der Waals surface area contributed by atoms with Crippen molar-refractivity contribution in [2.24, 2.45) is 0 Å². The first kappa shape index (κ1) is 27.6. The molecule has 0 radical (unpaired) electrons. The highest BCUT2D eigenvalue weighted by Crippen LogP contribution is 2.29. The van der Waals surface area contributed by atoms with Crippen LogP contribution in [-0.4, -0.2) is 45.7 Å². The van der Waals surface area contributed by atoms with Crippen molar-refractivity contribution in [3.63, 3.8) is 0 Å². The van der Waals surface area contributed by atoms with Gasteiger partial charge in [0.1, 0.15) is 0 Å². The Balaban J connectivity index is 1.66. The van der Waals surface area contributed by atoms with E-state index in [0.29, 0.717) is 11.3 Å². The lowest BCUT2D eigenvalue weighted by atomic mass is 10.2. The Morgan fingerprint density at radius 1 is 1.08 bits per heavy atom. The number of carbonyl (C=O) groups excluding carboxylic acids is 2. The van der Waals surface area contributed by atoms with E-state index in [1.54, 1.807) is 43.3 Å². The van der Waals surface area contributed by atoms with Crippen molar-refractivity contribution < 1.29 is 32.6 Å². The van der Waals surface area contributed by atoms with Gasteiger partial charge in [-0.3, -0.25) is 9.10 Å². The van der Waals surface area contributed by atoms with Crippen LogP contribution >= 0.6 is 11.6 Å². The monoisotopic (exact) mass is 544 g/mol. The number of nitrogens with zero attached hydrogens (tertiary/aromatic N) is 1. The molecule has 0 aliphatic carbocycles. The molecule has 0 fully saturated rings. The van der Waals surface area contributed by atoms with E-state index in [4.69, 9.17) is 21.1 Å². The topological polar surface area (TPSA) is 122 Å². The number of sulfonamides is 1. The summed E-state index contributed by atoms with van der Waals surface area (Å²) in [5.74, 6) is -1.30. The third-order valence-electron chi connectivity index (χ3n) is 5.09. The standard InChI is InChI=1S/C26H25ClN2O7S/c1-3-29(19-7-5-4-6-8-19)37(33,34)20-11-12-21(27)22(16-20)28-25(31)17-36-26(32)14-10-18-9-13-23(30)24(15-18)35-2/h4-16,30H,3,17H2,1-2H3,(H,28,31)/b14-10+. The highest BCUT2D eigenvalue weighted by Gasteiger charge is 2.24. The van der Waals surface area contributed by atoms with Crippen molar-refractivity contribution >= 4 is 51.0 Å². The van der Waals surface area contributed by atoms with Crippen LogP contribution in [0.25, 0.3) is 6.08 Å². The Bertz CT molecular complexity index is 1410. The molecule has 194 valence electrons. The Morgan fingerprint density at radius 2 is 1.81 bits per heavy atom. The number of halogens is 1. The second kappa shape index (κ2) is 12.3. The molecular weight excluding hydrogens is 520 g/mol. The molecule has 0 saturated heterocycles. The van der Waals surface area contributed by atoms with E-state index in [2.05, 4.69) is 5.32 Å². The minimum absolute atomic E-state index is 0.0445. The number of phenolic OH excluding ortho intramolecular Hbond substituents is 1. The number of hydrogen-bond donors (Lipinski definition) is 2. The summed E-state index contributed by atoms with van der Waals surface area (Å²) in [4.78, 5) is 24.3. The van der Waals surface area contributed by atoms with Crippen LogP contribution in [0.2, 0.25) is 5.02 Å². The van der Waals surface area contributed by atoms with Gasteiger partial charge in [0, 0.05) is 12.6 Å². The Hall–Kier alpha value is -4.02. The van der Waals surface area contributed by atoms with Crippen molar-refractivity contribution in [1.29, 1.82) is 0 Å². The van der Waals surface area contributed by atoms with E-state index < -0.39 is 28.5 Å². The maximum atomic E-state index is 13.2. The summed E-state index contributed by atoms with van der Waals surface area (Å²) in [7, 11) is -2.54. The van der Waals surface area contributed by atoms with Gasteiger partial charge in [0.2, 0.25) is 0 Å². The van der Waals surface area contributed by atoms with Crippen molar-refractivity contribution in [2.45, 2.75) is 11.8 Å². The lowest BCUT2D eigenvalue weighted by Gasteiger charge is -2.23. The van der Waals surface area contributed by atoms with Crippen molar-refractivity contribution in [3.8, 4) is 11.5 Å². The summed E-state index contributed by atoms with van der Waals surface area (Å²) < 4.78 is 37.7. The van der Waals surface area contributed by atoms with Gasteiger partial charge >= 0.3 is 5.97 Å². The number of hydrogen-bond acceptors (Lipinski definition) is 7. The molecule has 0 atom stereocenters. The molecule has 2 N–H and O–H groups in total. The molecule has 9 nitrogen and oxygen atoms in total. The number of para-hydroxylation sites is 1. The van der Waals surface area contributed by atoms with E-state index in [-0.39, 0.29) is 33.6 Å². The van der Waals surface area contributed by atoms with Gasteiger partial charge in [-0.1, -0.05) is 35.9 Å². The Kier molecular flexibility index (Phi) is 9.15. The number of benzene rings is 3. The van der Waals surface area contributed by atoms with E-state index in [1.807, 2.05) is 0 Å². The number of methoxy groups -OCH3 is 1. The summed E-state index contributed by atoms with van der Waals surface area (Å²) in [6, 6.07) is 17.1. The molecule has 1 amide bonds. The number of amides is 1. The number of anilines is 2. The lowest BCUT2D eigenvalue weighted by Crippen LogP contribution is -2.30. The highest BCUT2D eigenvalue weighted by atomic mass is 35.5. The van der Waals surface area contributed by atoms with Gasteiger partial charge in [-0.15, -0.1) is 0 Å². The molecule has 0 bridgehead atoms. The van der Waals surface area contributed by atoms with Gasteiger partial charge in [0.05, 0.1) is 28.4 Å². The zero-order valence-corrected chi connectivity index (χ0v) is 21.6. The first-order valence-electron chi connectivity index (χ1n) is 11.0. The second-order valence-corrected chi connectivity index (χ2v) is 9.84. The first-order valence-corrected chi connectivity index (χ1v) is 12.9. The number of esters is 1. The summed E-state index contributed by atoms with van der Waals surface area (Å²) in [6.45, 7) is 1.28. The third kappa shape index (κ3) is 7.02. The molecule has 11 heteroatoms. The number of phenols is 1. The predicted octanol–water partition coefficient (Wildman–Crippen LogP) is 4.46. The fraction of sp³-hybridized carbons (Fsp3) is 0.154. The minimum Gasteiger partial charge on any atom is -0.504 e. The maximum absolute atomic E-state index is 13.2. The molecule has 0 aliphatic heterocycles. The number of rotatable bonds is 10. The van der Waals surface area contributed by atoms with Crippen molar-refractivity contribution in [2.75, 3.05) is 29.9 Å². The number of aromatic hydroxyl groups is 1. The van der Waals surface area contributed by atoms with Crippen molar-refractivity contribution in [3.05, 3.63) is 83.4 Å². The van der Waals surface area contributed by atoms with Crippen LogP contribution in [0.3, 0.4) is 0 Å². The van der Waals surface area contributed by atoms with Crippen molar-refractivity contribution in [1.82, 2.24) is 0 Å². The molecule has 0 heterocycles. The van der Waals surface area contributed by atoms with Gasteiger partial charge in [-0.25, -0.2) is 13.2 Å². The third-order valence-corrected chi connectivity index (χ3v) is 7.32. The molecule has 37 heavy (non-hydrogen) atoms. The molecule has 0 saturated carbocycles. The van der Waals surface area contributed by atoms with Crippen LogP contribution in [0, 0.1) is 0 Å². The summed E-state index contributed by atoms with van der Waals surface area (Å²) in [6.07, 6.45) is 2.54. The normalized spacial score (nSPS) is 11.2. The molecule has 3 aromatic carbocycles. The highest BCUT2D eigenvalue weighted by molar-refractivity contribution is 7.92. The van der Waals surface area contributed by atoms with Crippen LogP contribution in [0.5, 0.6) is 11.5 Å². The summed E-state index contributed by atoms with van der Waals surface area (Å²) in [5.41, 5.74) is 1.12. The zero-order chi connectivity index (χ0) is 27.0. The van der Waals surface area contributed by atoms with Gasteiger partial charge < -0.3 is 19.9 Å².